The highest BCUT2D eigenvalue weighted by atomic mass is 16.4. The first kappa shape index (κ1) is 13.6. The van der Waals surface area contributed by atoms with Crippen LogP contribution in [0.15, 0.2) is 30.3 Å². The van der Waals surface area contributed by atoms with E-state index in [4.69, 9.17) is 0 Å². The minimum absolute atomic E-state index is 0.00350. The van der Waals surface area contributed by atoms with Crippen LogP contribution in [0.3, 0.4) is 0 Å². The van der Waals surface area contributed by atoms with Crippen LogP contribution in [0.5, 0.6) is 0 Å². The molecule has 1 aliphatic heterocycles. The van der Waals surface area contributed by atoms with Crippen LogP contribution in [0.4, 0.5) is 0 Å². The van der Waals surface area contributed by atoms with Gasteiger partial charge in [0.05, 0.1) is 5.92 Å². The number of piperidine rings is 1. The van der Waals surface area contributed by atoms with E-state index < -0.39 is 5.97 Å². The summed E-state index contributed by atoms with van der Waals surface area (Å²) in [6, 6.07) is 10.5. The SMILES string of the molecule is CCC12CCC(CN(Cc3ccccc3)C1)C2C(=O)O. The van der Waals surface area contributed by atoms with Gasteiger partial charge in [0.15, 0.2) is 0 Å². The fraction of sp³-hybridized carbons (Fsp3) is 0.588. The lowest BCUT2D eigenvalue weighted by Crippen LogP contribution is -2.50. The Balaban J connectivity index is 1.78. The van der Waals surface area contributed by atoms with Crippen LogP contribution in [-0.4, -0.2) is 29.1 Å². The third-order valence-corrected chi connectivity index (χ3v) is 5.39. The number of benzene rings is 1. The highest BCUT2D eigenvalue weighted by Gasteiger charge is 2.55. The first-order chi connectivity index (χ1) is 9.64. The molecule has 1 saturated carbocycles. The van der Waals surface area contributed by atoms with Crippen LogP contribution in [0.1, 0.15) is 31.7 Å². The van der Waals surface area contributed by atoms with E-state index in [2.05, 4.69) is 36.1 Å². The summed E-state index contributed by atoms with van der Waals surface area (Å²) in [5.74, 6) is -0.363. The Kier molecular flexibility index (Phi) is 3.55. The average Bonchev–Trinajstić information content (AvgIpc) is 2.69. The second kappa shape index (κ2) is 5.21. The number of likely N-dealkylation sites (tertiary alicyclic amines) is 1. The number of aliphatic carboxylic acids is 1. The van der Waals surface area contributed by atoms with E-state index in [1.807, 2.05) is 6.07 Å². The Morgan fingerprint density at radius 3 is 2.80 bits per heavy atom. The van der Waals surface area contributed by atoms with E-state index in [0.717, 1.165) is 38.9 Å². The van der Waals surface area contributed by atoms with E-state index >= 15 is 0 Å². The molecule has 1 aromatic rings. The standard InChI is InChI=1S/C17H23NO2/c1-2-17-9-8-14(15(17)16(19)20)11-18(12-17)10-13-6-4-3-5-7-13/h3-7,14-15H,2,8-12H2,1H3,(H,19,20). The summed E-state index contributed by atoms with van der Waals surface area (Å²) < 4.78 is 0. The van der Waals surface area contributed by atoms with Crippen LogP contribution in [0.2, 0.25) is 0 Å². The molecule has 2 aliphatic rings. The maximum atomic E-state index is 11.6. The molecule has 2 fully saturated rings. The van der Waals surface area contributed by atoms with Gasteiger partial charge in [-0.2, -0.15) is 0 Å². The lowest BCUT2D eigenvalue weighted by molar-refractivity contribution is -0.151. The van der Waals surface area contributed by atoms with E-state index in [1.54, 1.807) is 0 Å². The molecule has 20 heavy (non-hydrogen) atoms. The summed E-state index contributed by atoms with van der Waals surface area (Å²) in [5, 5.41) is 9.57. The second-order valence-corrected chi connectivity index (χ2v) is 6.49. The molecular weight excluding hydrogens is 250 g/mol. The van der Waals surface area contributed by atoms with Gasteiger partial charge in [0, 0.05) is 19.6 Å². The summed E-state index contributed by atoms with van der Waals surface area (Å²) in [7, 11) is 0. The van der Waals surface area contributed by atoms with Gasteiger partial charge in [0.1, 0.15) is 0 Å². The molecule has 0 amide bonds. The third kappa shape index (κ3) is 2.24. The van der Waals surface area contributed by atoms with Crippen molar-refractivity contribution in [1.29, 1.82) is 0 Å². The van der Waals surface area contributed by atoms with Gasteiger partial charge < -0.3 is 5.11 Å². The first-order valence-electron chi connectivity index (χ1n) is 7.64. The molecule has 3 heteroatoms. The van der Waals surface area contributed by atoms with Crippen molar-refractivity contribution in [2.24, 2.45) is 17.3 Å². The van der Waals surface area contributed by atoms with Crippen molar-refractivity contribution >= 4 is 5.97 Å². The van der Waals surface area contributed by atoms with Crippen molar-refractivity contribution in [3.8, 4) is 0 Å². The molecule has 108 valence electrons. The maximum Gasteiger partial charge on any atom is 0.307 e. The van der Waals surface area contributed by atoms with Gasteiger partial charge in [-0.1, -0.05) is 37.3 Å². The van der Waals surface area contributed by atoms with Crippen molar-refractivity contribution in [3.05, 3.63) is 35.9 Å². The molecule has 3 rings (SSSR count). The zero-order valence-electron chi connectivity index (χ0n) is 12.1. The molecule has 2 bridgehead atoms. The lowest BCUT2D eigenvalue weighted by atomic mass is 9.70. The van der Waals surface area contributed by atoms with Crippen LogP contribution < -0.4 is 0 Å². The molecule has 1 aliphatic carbocycles. The molecule has 3 unspecified atom stereocenters. The molecule has 3 nitrogen and oxygen atoms in total. The van der Waals surface area contributed by atoms with Crippen LogP contribution in [-0.2, 0) is 11.3 Å². The number of carbonyl (C=O) groups is 1. The molecule has 1 aromatic carbocycles. The molecule has 0 aromatic heterocycles. The van der Waals surface area contributed by atoms with Crippen molar-refractivity contribution in [2.75, 3.05) is 13.1 Å². The number of hydrogen-bond donors (Lipinski definition) is 1. The van der Waals surface area contributed by atoms with E-state index in [9.17, 15) is 9.90 Å². The van der Waals surface area contributed by atoms with Crippen molar-refractivity contribution in [1.82, 2.24) is 4.90 Å². The highest BCUT2D eigenvalue weighted by molar-refractivity contribution is 5.72. The predicted molar refractivity (Wildman–Crippen MR) is 78.3 cm³/mol. The predicted octanol–water partition coefficient (Wildman–Crippen LogP) is 3.01. The van der Waals surface area contributed by atoms with Gasteiger partial charge in [-0.3, -0.25) is 9.69 Å². The van der Waals surface area contributed by atoms with Crippen molar-refractivity contribution in [2.45, 2.75) is 32.7 Å². The summed E-state index contributed by atoms with van der Waals surface area (Å²) in [6.07, 6.45) is 3.14. The monoisotopic (exact) mass is 273 g/mol. The number of hydrogen-bond acceptors (Lipinski definition) is 2. The quantitative estimate of drug-likeness (QED) is 0.916. The zero-order chi connectivity index (χ0) is 14.2. The Labute approximate surface area is 120 Å². The molecule has 0 radical (unpaired) electrons. The largest absolute Gasteiger partial charge is 0.481 e. The van der Waals surface area contributed by atoms with Gasteiger partial charge in [-0.05, 0) is 36.2 Å². The molecular formula is C17H23NO2. The molecule has 1 saturated heterocycles. The molecule has 1 N–H and O–H groups in total. The highest BCUT2D eigenvalue weighted by Crippen LogP contribution is 2.53. The Morgan fingerprint density at radius 2 is 2.15 bits per heavy atom. The van der Waals surface area contributed by atoms with Gasteiger partial charge in [-0.15, -0.1) is 0 Å². The smallest absolute Gasteiger partial charge is 0.307 e. The van der Waals surface area contributed by atoms with Crippen molar-refractivity contribution in [3.63, 3.8) is 0 Å². The fourth-order valence-electron chi connectivity index (χ4n) is 4.44. The van der Waals surface area contributed by atoms with Crippen LogP contribution in [0.25, 0.3) is 0 Å². The number of carboxylic acids is 1. The van der Waals surface area contributed by atoms with E-state index in [1.165, 1.54) is 5.56 Å². The number of carboxylic acid groups (broad SMARTS) is 1. The average molecular weight is 273 g/mol. The van der Waals surface area contributed by atoms with E-state index in [0.29, 0.717) is 5.92 Å². The number of nitrogens with zero attached hydrogens (tertiary/aromatic N) is 1. The maximum absolute atomic E-state index is 11.6. The molecule has 0 spiro atoms. The lowest BCUT2D eigenvalue weighted by Gasteiger charge is -2.44. The minimum Gasteiger partial charge on any atom is -0.481 e. The fourth-order valence-corrected chi connectivity index (χ4v) is 4.44. The molecule has 3 atom stereocenters. The number of rotatable bonds is 4. The second-order valence-electron chi connectivity index (χ2n) is 6.49. The Bertz CT molecular complexity index is 487. The first-order valence-corrected chi connectivity index (χ1v) is 7.64. The van der Waals surface area contributed by atoms with Crippen molar-refractivity contribution < 1.29 is 9.90 Å². The number of fused-ring (bicyclic) bond motifs is 2. The van der Waals surface area contributed by atoms with E-state index in [-0.39, 0.29) is 11.3 Å². The van der Waals surface area contributed by atoms with Crippen LogP contribution >= 0.6 is 0 Å². The van der Waals surface area contributed by atoms with Crippen LogP contribution in [0, 0.1) is 17.3 Å². The summed E-state index contributed by atoms with van der Waals surface area (Å²) in [6.45, 7) is 4.98. The van der Waals surface area contributed by atoms with Gasteiger partial charge in [0.2, 0.25) is 0 Å². The zero-order valence-corrected chi connectivity index (χ0v) is 12.1. The third-order valence-electron chi connectivity index (χ3n) is 5.39. The summed E-state index contributed by atoms with van der Waals surface area (Å²) in [5.41, 5.74) is 1.33. The Morgan fingerprint density at radius 1 is 1.40 bits per heavy atom. The summed E-state index contributed by atoms with van der Waals surface area (Å²) in [4.78, 5) is 14.1. The Hall–Kier alpha value is -1.35. The minimum atomic E-state index is -0.575. The normalized spacial score (nSPS) is 33.2. The van der Waals surface area contributed by atoms with Gasteiger partial charge in [0.25, 0.3) is 0 Å². The topological polar surface area (TPSA) is 40.5 Å². The molecule has 1 heterocycles. The van der Waals surface area contributed by atoms with Gasteiger partial charge in [-0.25, -0.2) is 0 Å². The summed E-state index contributed by atoms with van der Waals surface area (Å²) >= 11 is 0. The van der Waals surface area contributed by atoms with Gasteiger partial charge >= 0.3 is 5.97 Å².